The summed E-state index contributed by atoms with van der Waals surface area (Å²) in [5, 5.41) is 3.66. The fourth-order valence-corrected chi connectivity index (χ4v) is 3.80. The van der Waals surface area contributed by atoms with Crippen LogP contribution in [0.25, 0.3) is 11.2 Å². The van der Waals surface area contributed by atoms with E-state index in [1.54, 1.807) is 0 Å². The summed E-state index contributed by atoms with van der Waals surface area (Å²) in [6, 6.07) is 0.220. The third kappa shape index (κ3) is 3.19. The minimum absolute atomic E-state index is 0.220. The monoisotopic (exact) mass is 365 g/mol. The van der Waals surface area contributed by atoms with Gasteiger partial charge in [-0.3, -0.25) is 4.90 Å². The van der Waals surface area contributed by atoms with Crippen molar-refractivity contribution in [1.29, 1.82) is 0 Å². The predicted octanol–water partition coefficient (Wildman–Crippen LogP) is 0.820. The van der Waals surface area contributed by atoms with E-state index >= 15 is 0 Å². The van der Waals surface area contributed by atoms with Crippen molar-refractivity contribution in [2.24, 2.45) is 7.05 Å². The minimum atomic E-state index is 0.220. The molecule has 9 heteroatoms. The molecule has 1 atom stereocenters. The van der Waals surface area contributed by atoms with Gasteiger partial charge in [0, 0.05) is 46.3 Å². The van der Waals surface area contributed by atoms with Gasteiger partial charge < -0.3 is 19.5 Å². The number of nitrogens with one attached hydrogen (secondary N) is 1. The normalized spacial score (nSPS) is 21.0. The van der Waals surface area contributed by atoms with Crippen molar-refractivity contribution in [2.45, 2.75) is 13.0 Å². The van der Waals surface area contributed by atoms with E-state index in [-0.39, 0.29) is 11.3 Å². The number of rotatable bonds is 3. The molecule has 2 aromatic rings. The zero-order valence-corrected chi connectivity index (χ0v) is 15.5. The van der Waals surface area contributed by atoms with Gasteiger partial charge in [0.1, 0.15) is 5.82 Å². The highest BCUT2D eigenvalue weighted by Gasteiger charge is 2.26. The molecule has 2 aliphatic heterocycles. The van der Waals surface area contributed by atoms with Gasteiger partial charge in [0.15, 0.2) is 17.0 Å². The van der Waals surface area contributed by atoms with Crippen LogP contribution < -0.4 is 10.2 Å². The molecule has 2 fully saturated rings. The molecule has 0 spiro atoms. The standard InChI is InChI=1S/C16H24ClN7O/c1-11(23-5-3-18-4-6-23)13-19-12-14(22(13)2)20-16(17)21-15(12)24-7-9-25-10-8-24/h11,18H,3-10H2,1-2H3. The maximum atomic E-state index is 6.21. The van der Waals surface area contributed by atoms with Crippen LogP contribution in [0.3, 0.4) is 0 Å². The summed E-state index contributed by atoms with van der Waals surface area (Å²) in [6.45, 7) is 9.25. The lowest BCUT2D eigenvalue weighted by molar-refractivity contribution is 0.122. The second-order valence-corrected chi connectivity index (χ2v) is 6.92. The van der Waals surface area contributed by atoms with Crippen molar-refractivity contribution < 1.29 is 4.74 Å². The molecule has 2 aromatic heterocycles. The van der Waals surface area contributed by atoms with Gasteiger partial charge in [-0.25, -0.2) is 4.98 Å². The molecule has 0 amide bonds. The maximum Gasteiger partial charge on any atom is 0.226 e. The first-order valence-electron chi connectivity index (χ1n) is 8.82. The van der Waals surface area contributed by atoms with E-state index in [2.05, 4.69) is 36.6 Å². The summed E-state index contributed by atoms with van der Waals surface area (Å²) in [4.78, 5) is 18.5. The smallest absolute Gasteiger partial charge is 0.226 e. The SMILES string of the molecule is CC(c1nc2c(N3CCOCC3)nc(Cl)nc2n1C)N1CCNCC1. The highest BCUT2D eigenvalue weighted by atomic mass is 35.5. The molecule has 4 heterocycles. The Kier molecular flexibility index (Phi) is 4.77. The van der Waals surface area contributed by atoms with Crippen molar-refractivity contribution in [3.63, 3.8) is 0 Å². The Morgan fingerprint density at radius 3 is 2.52 bits per heavy atom. The molecule has 0 radical (unpaired) electrons. The molecule has 136 valence electrons. The van der Waals surface area contributed by atoms with Crippen LogP contribution in [0.15, 0.2) is 0 Å². The van der Waals surface area contributed by atoms with E-state index in [0.29, 0.717) is 13.2 Å². The maximum absolute atomic E-state index is 6.21. The second kappa shape index (κ2) is 7.03. The van der Waals surface area contributed by atoms with Gasteiger partial charge >= 0.3 is 0 Å². The number of ether oxygens (including phenoxy) is 1. The largest absolute Gasteiger partial charge is 0.378 e. The number of hydrogen-bond donors (Lipinski definition) is 1. The van der Waals surface area contributed by atoms with Crippen molar-refractivity contribution in [1.82, 2.24) is 29.7 Å². The molecule has 0 aliphatic carbocycles. The quantitative estimate of drug-likeness (QED) is 0.807. The molecular weight excluding hydrogens is 342 g/mol. The van der Waals surface area contributed by atoms with E-state index < -0.39 is 0 Å². The molecule has 0 saturated carbocycles. The number of fused-ring (bicyclic) bond motifs is 1. The third-order valence-corrected chi connectivity index (χ3v) is 5.26. The summed E-state index contributed by atoms with van der Waals surface area (Å²) in [5.74, 6) is 1.82. The van der Waals surface area contributed by atoms with Gasteiger partial charge in [-0.05, 0) is 18.5 Å². The first-order valence-corrected chi connectivity index (χ1v) is 9.20. The lowest BCUT2D eigenvalue weighted by atomic mass is 10.2. The number of halogens is 1. The molecular formula is C16H24ClN7O. The van der Waals surface area contributed by atoms with Gasteiger partial charge in [-0.15, -0.1) is 0 Å². The van der Waals surface area contributed by atoms with Crippen LogP contribution in [-0.4, -0.2) is 76.9 Å². The van der Waals surface area contributed by atoms with Crippen LogP contribution in [0, 0.1) is 0 Å². The van der Waals surface area contributed by atoms with E-state index in [9.17, 15) is 0 Å². The molecule has 0 bridgehead atoms. The number of piperazine rings is 1. The summed E-state index contributed by atoms with van der Waals surface area (Å²) < 4.78 is 7.51. The first kappa shape index (κ1) is 17.0. The highest BCUT2D eigenvalue weighted by molar-refractivity contribution is 6.28. The number of nitrogens with zero attached hydrogens (tertiary/aromatic N) is 6. The van der Waals surface area contributed by atoms with Crippen molar-refractivity contribution in [3.8, 4) is 0 Å². The number of morpholine rings is 1. The number of aryl methyl sites for hydroxylation is 1. The molecule has 1 N–H and O–H groups in total. The Hall–Kier alpha value is -1.48. The third-order valence-electron chi connectivity index (χ3n) is 5.09. The summed E-state index contributed by atoms with van der Waals surface area (Å²) in [5.41, 5.74) is 1.62. The Morgan fingerprint density at radius 1 is 1.08 bits per heavy atom. The van der Waals surface area contributed by atoms with Crippen LogP contribution in [-0.2, 0) is 11.8 Å². The van der Waals surface area contributed by atoms with Gasteiger partial charge in [0.05, 0.1) is 19.3 Å². The topological polar surface area (TPSA) is 71.3 Å². The van der Waals surface area contributed by atoms with Crippen molar-refractivity contribution in [3.05, 3.63) is 11.1 Å². The van der Waals surface area contributed by atoms with Crippen LogP contribution >= 0.6 is 11.6 Å². The molecule has 2 saturated heterocycles. The summed E-state index contributed by atoms with van der Waals surface area (Å²) in [7, 11) is 2.01. The Balaban J connectivity index is 1.75. The average Bonchev–Trinajstić information content (AvgIpc) is 2.98. The van der Waals surface area contributed by atoms with Crippen LogP contribution in [0.2, 0.25) is 5.28 Å². The van der Waals surface area contributed by atoms with Crippen molar-refractivity contribution in [2.75, 3.05) is 57.4 Å². The number of anilines is 1. The molecule has 2 aliphatic rings. The zero-order valence-electron chi connectivity index (χ0n) is 14.7. The van der Waals surface area contributed by atoms with E-state index in [1.165, 1.54) is 0 Å². The number of aromatic nitrogens is 4. The Bertz CT molecular complexity index is 753. The van der Waals surface area contributed by atoms with Crippen LogP contribution in [0.4, 0.5) is 5.82 Å². The molecule has 8 nitrogen and oxygen atoms in total. The number of imidazole rings is 1. The fraction of sp³-hybridized carbons (Fsp3) is 0.688. The second-order valence-electron chi connectivity index (χ2n) is 6.58. The molecule has 4 rings (SSSR count). The van der Waals surface area contributed by atoms with Crippen LogP contribution in [0.5, 0.6) is 0 Å². The van der Waals surface area contributed by atoms with E-state index in [1.807, 2.05) is 7.05 Å². The lowest BCUT2D eigenvalue weighted by Crippen LogP contribution is -2.44. The van der Waals surface area contributed by atoms with Gasteiger partial charge in [-0.2, -0.15) is 9.97 Å². The summed E-state index contributed by atoms with van der Waals surface area (Å²) >= 11 is 6.21. The van der Waals surface area contributed by atoms with Crippen molar-refractivity contribution >= 4 is 28.6 Å². The zero-order chi connectivity index (χ0) is 17.4. The lowest BCUT2D eigenvalue weighted by Gasteiger charge is -2.32. The predicted molar refractivity (Wildman–Crippen MR) is 97.2 cm³/mol. The fourth-order valence-electron chi connectivity index (χ4n) is 3.64. The van der Waals surface area contributed by atoms with E-state index in [4.69, 9.17) is 21.3 Å². The Morgan fingerprint density at radius 2 is 1.80 bits per heavy atom. The van der Waals surface area contributed by atoms with Crippen LogP contribution in [0.1, 0.15) is 18.8 Å². The summed E-state index contributed by atoms with van der Waals surface area (Å²) in [6.07, 6.45) is 0. The highest BCUT2D eigenvalue weighted by Crippen LogP contribution is 2.29. The molecule has 25 heavy (non-hydrogen) atoms. The molecule has 1 unspecified atom stereocenters. The van der Waals surface area contributed by atoms with Gasteiger partial charge in [-0.1, -0.05) is 0 Å². The minimum Gasteiger partial charge on any atom is -0.378 e. The molecule has 0 aromatic carbocycles. The first-order chi connectivity index (χ1) is 12.1. The average molecular weight is 366 g/mol. The van der Waals surface area contributed by atoms with Gasteiger partial charge in [0.2, 0.25) is 5.28 Å². The Labute approximate surface area is 152 Å². The number of hydrogen-bond acceptors (Lipinski definition) is 7. The van der Waals surface area contributed by atoms with E-state index in [0.717, 1.165) is 62.1 Å². The van der Waals surface area contributed by atoms with Gasteiger partial charge in [0.25, 0.3) is 0 Å².